The first-order valence-corrected chi connectivity index (χ1v) is 9.30. The Bertz CT molecular complexity index is 535. The molecule has 2 rings (SSSR count). The molecular formula is C20H33N3O2. The van der Waals surface area contributed by atoms with Gasteiger partial charge in [-0.3, -0.25) is 9.69 Å². The standard InChI is InChI=1S/C20H33N3O2/c1-15-8-16(2)13-23(12-15)14-18-7-5-4-6-17(18)11-22-20(24)9-19(10-21)25-3/h4-7,15-16,19H,8-14,21H2,1-3H3,(H,22,24). The summed E-state index contributed by atoms with van der Waals surface area (Å²) in [7, 11) is 1.58. The van der Waals surface area contributed by atoms with E-state index in [1.165, 1.54) is 17.5 Å². The Morgan fingerprint density at radius 3 is 2.52 bits per heavy atom. The maximum atomic E-state index is 12.1. The molecule has 0 saturated carbocycles. The third-order valence-electron chi connectivity index (χ3n) is 4.94. The van der Waals surface area contributed by atoms with Crippen LogP contribution in [0.3, 0.4) is 0 Å². The largest absolute Gasteiger partial charge is 0.380 e. The van der Waals surface area contributed by atoms with Crippen molar-refractivity contribution in [1.29, 1.82) is 0 Å². The summed E-state index contributed by atoms with van der Waals surface area (Å²) in [5.41, 5.74) is 8.06. The lowest BCUT2D eigenvalue weighted by molar-refractivity contribution is -0.123. The molecule has 3 unspecified atom stereocenters. The number of hydrogen-bond acceptors (Lipinski definition) is 4. The summed E-state index contributed by atoms with van der Waals surface area (Å²) in [6.45, 7) is 8.82. The van der Waals surface area contributed by atoms with Crippen LogP contribution in [0.15, 0.2) is 24.3 Å². The number of carbonyl (C=O) groups is 1. The highest BCUT2D eigenvalue weighted by molar-refractivity contribution is 5.76. The number of amides is 1. The van der Waals surface area contributed by atoms with Gasteiger partial charge in [0.1, 0.15) is 0 Å². The van der Waals surface area contributed by atoms with Crippen molar-refractivity contribution in [3.05, 3.63) is 35.4 Å². The Kier molecular flexibility index (Phi) is 7.88. The van der Waals surface area contributed by atoms with Gasteiger partial charge in [-0.25, -0.2) is 0 Å². The van der Waals surface area contributed by atoms with Gasteiger partial charge in [-0.15, -0.1) is 0 Å². The fourth-order valence-corrected chi connectivity index (χ4v) is 3.78. The van der Waals surface area contributed by atoms with E-state index in [9.17, 15) is 4.79 Å². The number of nitrogens with two attached hydrogens (primary N) is 1. The number of piperidine rings is 1. The van der Waals surface area contributed by atoms with Crippen LogP contribution in [0.2, 0.25) is 0 Å². The molecule has 0 spiro atoms. The Balaban J connectivity index is 1.92. The third-order valence-corrected chi connectivity index (χ3v) is 4.94. The van der Waals surface area contributed by atoms with Crippen LogP contribution in [0.4, 0.5) is 0 Å². The van der Waals surface area contributed by atoms with Gasteiger partial charge in [-0.05, 0) is 29.4 Å². The zero-order valence-corrected chi connectivity index (χ0v) is 15.8. The summed E-state index contributed by atoms with van der Waals surface area (Å²) in [6.07, 6.45) is 1.40. The Morgan fingerprint density at radius 1 is 1.28 bits per heavy atom. The predicted octanol–water partition coefficient (Wildman–Crippen LogP) is 2.14. The lowest BCUT2D eigenvalue weighted by atomic mass is 9.91. The fraction of sp³-hybridized carbons (Fsp3) is 0.650. The molecule has 1 aliphatic rings. The molecule has 5 nitrogen and oxygen atoms in total. The number of rotatable bonds is 8. The first-order chi connectivity index (χ1) is 12.0. The first kappa shape index (κ1) is 19.9. The second kappa shape index (κ2) is 9.90. The van der Waals surface area contributed by atoms with E-state index in [0.717, 1.165) is 31.5 Å². The number of nitrogens with one attached hydrogen (secondary N) is 1. The van der Waals surface area contributed by atoms with Gasteiger partial charge in [0.05, 0.1) is 12.5 Å². The number of carbonyl (C=O) groups excluding carboxylic acids is 1. The van der Waals surface area contributed by atoms with Crippen LogP contribution < -0.4 is 11.1 Å². The molecule has 1 heterocycles. The van der Waals surface area contributed by atoms with Crippen molar-refractivity contribution in [3.63, 3.8) is 0 Å². The van der Waals surface area contributed by atoms with Crippen LogP contribution in [0, 0.1) is 11.8 Å². The van der Waals surface area contributed by atoms with E-state index in [1.54, 1.807) is 7.11 Å². The molecule has 0 radical (unpaired) electrons. The average molecular weight is 348 g/mol. The average Bonchev–Trinajstić information content (AvgIpc) is 2.58. The maximum absolute atomic E-state index is 12.1. The SMILES string of the molecule is COC(CN)CC(=O)NCc1ccccc1CN1CC(C)CC(C)C1. The van der Waals surface area contributed by atoms with Crippen molar-refractivity contribution in [3.8, 4) is 0 Å². The summed E-state index contributed by atoms with van der Waals surface area (Å²) in [6, 6.07) is 8.38. The van der Waals surface area contributed by atoms with Gasteiger partial charge in [0.15, 0.2) is 0 Å². The summed E-state index contributed by atoms with van der Waals surface area (Å²) in [4.78, 5) is 14.6. The Hall–Kier alpha value is -1.43. The minimum Gasteiger partial charge on any atom is -0.380 e. The van der Waals surface area contributed by atoms with E-state index < -0.39 is 0 Å². The van der Waals surface area contributed by atoms with Crippen molar-refractivity contribution in [2.24, 2.45) is 17.6 Å². The molecule has 0 bridgehead atoms. The summed E-state index contributed by atoms with van der Waals surface area (Å²) in [5, 5.41) is 3.00. The summed E-state index contributed by atoms with van der Waals surface area (Å²) < 4.78 is 5.17. The molecule has 3 atom stereocenters. The Labute approximate surface area is 151 Å². The molecule has 5 heteroatoms. The van der Waals surface area contributed by atoms with Crippen LogP contribution in [0.5, 0.6) is 0 Å². The van der Waals surface area contributed by atoms with Crippen molar-refractivity contribution < 1.29 is 9.53 Å². The molecule has 1 aromatic rings. The summed E-state index contributed by atoms with van der Waals surface area (Å²) in [5.74, 6) is 1.48. The third kappa shape index (κ3) is 6.42. The normalized spacial score (nSPS) is 22.6. The van der Waals surface area contributed by atoms with E-state index in [1.807, 2.05) is 6.07 Å². The minimum atomic E-state index is -0.216. The smallest absolute Gasteiger partial charge is 0.222 e. The lowest BCUT2D eigenvalue weighted by Crippen LogP contribution is -2.38. The van der Waals surface area contributed by atoms with Gasteiger partial charge >= 0.3 is 0 Å². The second-order valence-corrected chi connectivity index (χ2v) is 7.48. The van der Waals surface area contributed by atoms with E-state index in [4.69, 9.17) is 10.5 Å². The van der Waals surface area contributed by atoms with Gasteiger partial charge in [-0.1, -0.05) is 38.1 Å². The molecule has 1 aliphatic heterocycles. The van der Waals surface area contributed by atoms with Gasteiger partial charge < -0.3 is 15.8 Å². The second-order valence-electron chi connectivity index (χ2n) is 7.48. The van der Waals surface area contributed by atoms with Crippen molar-refractivity contribution in [2.75, 3.05) is 26.7 Å². The quantitative estimate of drug-likeness (QED) is 0.756. The first-order valence-electron chi connectivity index (χ1n) is 9.30. The van der Waals surface area contributed by atoms with Crippen molar-refractivity contribution in [2.45, 2.75) is 45.9 Å². The minimum absolute atomic E-state index is 0.0210. The highest BCUT2D eigenvalue weighted by atomic mass is 16.5. The number of likely N-dealkylation sites (tertiary alicyclic amines) is 1. The van der Waals surface area contributed by atoms with Gasteiger partial charge in [0, 0.05) is 39.8 Å². The molecule has 1 fully saturated rings. The molecule has 25 heavy (non-hydrogen) atoms. The maximum Gasteiger partial charge on any atom is 0.222 e. The van der Waals surface area contributed by atoms with Crippen molar-refractivity contribution >= 4 is 5.91 Å². The lowest BCUT2D eigenvalue weighted by Gasteiger charge is -2.35. The Morgan fingerprint density at radius 2 is 1.92 bits per heavy atom. The van der Waals surface area contributed by atoms with Gasteiger partial charge in [0.25, 0.3) is 0 Å². The number of nitrogens with zero attached hydrogens (tertiary/aromatic N) is 1. The highest BCUT2D eigenvalue weighted by Crippen LogP contribution is 2.23. The van der Waals surface area contributed by atoms with Gasteiger partial charge in [-0.2, -0.15) is 0 Å². The molecule has 3 N–H and O–H groups in total. The van der Waals surface area contributed by atoms with Crippen LogP contribution in [0.1, 0.15) is 37.8 Å². The monoisotopic (exact) mass is 347 g/mol. The predicted molar refractivity (Wildman–Crippen MR) is 101 cm³/mol. The van der Waals surface area contributed by atoms with E-state index in [2.05, 4.69) is 42.3 Å². The van der Waals surface area contributed by atoms with E-state index >= 15 is 0 Å². The topological polar surface area (TPSA) is 67.6 Å². The number of hydrogen-bond donors (Lipinski definition) is 2. The van der Waals surface area contributed by atoms with E-state index in [-0.39, 0.29) is 12.0 Å². The molecule has 140 valence electrons. The van der Waals surface area contributed by atoms with Crippen LogP contribution >= 0.6 is 0 Å². The number of methoxy groups -OCH3 is 1. The number of benzene rings is 1. The van der Waals surface area contributed by atoms with Crippen molar-refractivity contribution in [1.82, 2.24) is 10.2 Å². The molecule has 1 amide bonds. The molecule has 1 saturated heterocycles. The van der Waals surface area contributed by atoms with Crippen LogP contribution in [0.25, 0.3) is 0 Å². The summed E-state index contributed by atoms with van der Waals surface area (Å²) >= 11 is 0. The van der Waals surface area contributed by atoms with Crippen LogP contribution in [-0.2, 0) is 22.6 Å². The molecule has 0 aromatic heterocycles. The highest BCUT2D eigenvalue weighted by Gasteiger charge is 2.22. The molecule has 0 aliphatic carbocycles. The zero-order chi connectivity index (χ0) is 18.2. The van der Waals surface area contributed by atoms with Crippen LogP contribution in [-0.4, -0.2) is 43.7 Å². The number of ether oxygens (including phenoxy) is 1. The van der Waals surface area contributed by atoms with Gasteiger partial charge in [0.2, 0.25) is 5.91 Å². The fourth-order valence-electron chi connectivity index (χ4n) is 3.78. The molecule has 1 aromatic carbocycles. The zero-order valence-electron chi connectivity index (χ0n) is 15.8. The van der Waals surface area contributed by atoms with E-state index in [0.29, 0.717) is 19.5 Å². The molecular weight excluding hydrogens is 314 g/mol.